The molecule has 0 spiro atoms. The Labute approximate surface area is 99.6 Å². The van der Waals surface area contributed by atoms with Gasteiger partial charge >= 0.3 is 92.4 Å². The van der Waals surface area contributed by atoms with Crippen LogP contribution in [0.25, 0.3) is 0 Å². The van der Waals surface area contributed by atoms with Gasteiger partial charge in [0.15, 0.2) is 0 Å². The summed E-state index contributed by atoms with van der Waals surface area (Å²) >= 11 is -0.967. The Bertz CT molecular complexity index is 72.2. The molecular formula is C13H31Sn. The molecule has 0 saturated heterocycles. The predicted molar refractivity (Wildman–Crippen MR) is 72.7 cm³/mol. The summed E-state index contributed by atoms with van der Waals surface area (Å²) in [6.45, 7) is 7.01. The van der Waals surface area contributed by atoms with Crippen molar-refractivity contribution in [3.63, 3.8) is 0 Å². The standard InChI is InChI=1S/3C4H9.CH3.Sn.H/c3*1-3-4-2;;;/h3*1,3-4H2,2H3;1H3;;. The average Bonchev–Trinajstić information content (AvgIpc) is 2.17. The Morgan fingerprint density at radius 3 is 1.14 bits per heavy atom. The van der Waals surface area contributed by atoms with E-state index in [-0.39, 0.29) is 7.43 Å². The first kappa shape index (κ1) is 17.2. The van der Waals surface area contributed by atoms with Crippen LogP contribution in [0.2, 0.25) is 13.3 Å². The molecule has 0 N–H and O–H groups in total. The van der Waals surface area contributed by atoms with Gasteiger partial charge in [-0.1, -0.05) is 7.43 Å². The molecule has 1 radical (unpaired) electrons. The van der Waals surface area contributed by atoms with Crippen LogP contribution >= 0.6 is 0 Å². The molecule has 0 bridgehead atoms. The van der Waals surface area contributed by atoms with E-state index in [1.54, 1.807) is 13.3 Å². The predicted octanol–water partition coefficient (Wildman–Crippen LogP) is 5.06. The van der Waals surface area contributed by atoms with Crippen molar-refractivity contribution in [2.45, 2.75) is 72.6 Å². The molecule has 0 amide bonds. The summed E-state index contributed by atoms with van der Waals surface area (Å²) in [5, 5.41) is 0. The maximum atomic E-state index is 2.34. The Balaban J connectivity index is 0. The van der Waals surface area contributed by atoms with Gasteiger partial charge in [-0.3, -0.25) is 0 Å². The van der Waals surface area contributed by atoms with Crippen LogP contribution in [0.4, 0.5) is 0 Å². The summed E-state index contributed by atoms with van der Waals surface area (Å²) in [7, 11) is 0. The molecule has 0 rings (SSSR count). The molecule has 0 aliphatic rings. The van der Waals surface area contributed by atoms with Gasteiger partial charge in [0.2, 0.25) is 0 Å². The van der Waals surface area contributed by atoms with Crippen LogP contribution in [0.1, 0.15) is 59.3 Å². The molecule has 0 saturated carbocycles. The third-order valence-electron chi connectivity index (χ3n) is 2.90. The van der Waals surface area contributed by atoms with Crippen molar-refractivity contribution in [1.29, 1.82) is 0 Å². The van der Waals surface area contributed by atoms with E-state index in [1.807, 2.05) is 0 Å². The van der Waals surface area contributed by atoms with Crippen molar-refractivity contribution in [3.8, 4) is 0 Å². The van der Waals surface area contributed by atoms with Crippen molar-refractivity contribution < 1.29 is 0 Å². The van der Waals surface area contributed by atoms with Crippen molar-refractivity contribution in [2.75, 3.05) is 0 Å². The second-order valence-corrected chi connectivity index (χ2v) is 14.2. The minimum Gasteiger partial charge on any atom is -0.0683 e. The van der Waals surface area contributed by atoms with Gasteiger partial charge in [-0.15, -0.1) is 0 Å². The van der Waals surface area contributed by atoms with Crippen LogP contribution in [0.3, 0.4) is 0 Å². The number of hydrogen-bond donors (Lipinski definition) is 0. The fourth-order valence-corrected chi connectivity index (χ4v) is 12.8. The largest absolute Gasteiger partial charge is 0.0683 e. The summed E-state index contributed by atoms with van der Waals surface area (Å²) in [5.74, 6) is 0. The summed E-state index contributed by atoms with van der Waals surface area (Å²) in [6, 6.07) is 0. The number of hydrogen-bond acceptors (Lipinski definition) is 0. The van der Waals surface area contributed by atoms with Crippen molar-refractivity contribution in [2.24, 2.45) is 0 Å². The second kappa shape index (κ2) is 13.8. The quantitative estimate of drug-likeness (QED) is 0.522. The van der Waals surface area contributed by atoms with Gasteiger partial charge in [0.1, 0.15) is 0 Å². The van der Waals surface area contributed by atoms with Crippen LogP contribution in [-0.2, 0) is 0 Å². The summed E-state index contributed by atoms with van der Waals surface area (Å²) < 4.78 is 5.08. The molecule has 0 aliphatic carbocycles. The van der Waals surface area contributed by atoms with Gasteiger partial charge in [-0.2, -0.15) is 0 Å². The van der Waals surface area contributed by atoms with E-state index in [4.69, 9.17) is 0 Å². The zero-order valence-electron chi connectivity index (χ0n) is 10.9. The van der Waals surface area contributed by atoms with Gasteiger partial charge < -0.3 is 0 Å². The van der Waals surface area contributed by atoms with Gasteiger partial charge in [0.25, 0.3) is 0 Å². The Morgan fingerprint density at radius 1 is 0.643 bits per heavy atom. The van der Waals surface area contributed by atoms with E-state index in [9.17, 15) is 0 Å². The molecule has 14 heavy (non-hydrogen) atoms. The molecule has 87 valence electrons. The molecule has 0 unspecified atom stereocenters. The maximum absolute atomic E-state index is 2.34. The van der Waals surface area contributed by atoms with E-state index in [1.165, 1.54) is 38.5 Å². The van der Waals surface area contributed by atoms with Gasteiger partial charge in [0.05, 0.1) is 0 Å². The van der Waals surface area contributed by atoms with Gasteiger partial charge in [-0.25, -0.2) is 0 Å². The minimum atomic E-state index is -0.967. The monoisotopic (exact) mass is 307 g/mol. The maximum Gasteiger partial charge on any atom is -0.0683 e. The van der Waals surface area contributed by atoms with Crippen LogP contribution in [-0.4, -0.2) is 19.8 Å². The Hall–Kier alpha value is 0.799. The first-order valence-corrected chi connectivity index (χ1v) is 13.3. The molecule has 1 heteroatoms. The smallest absolute Gasteiger partial charge is 0.0683 e. The molecule has 0 aromatic rings. The first-order valence-electron chi connectivity index (χ1n) is 6.35. The molecule has 0 aliphatic heterocycles. The summed E-state index contributed by atoms with van der Waals surface area (Å²) in [4.78, 5) is 0. The third-order valence-corrected chi connectivity index (χ3v) is 13.4. The van der Waals surface area contributed by atoms with E-state index < -0.39 is 19.8 Å². The number of rotatable bonds is 9. The first-order chi connectivity index (χ1) is 6.35. The van der Waals surface area contributed by atoms with E-state index >= 15 is 0 Å². The topological polar surface area (TPSA) is 0 Å². The summed E-state index contributed by atoms with van der Waals surface area (Å²) in [6.07, 6.45) is 8.87. The second-order valence-electron chi connectivity index (χ2n) is 4.29. The van der Waals surface area contributed by atoms with Crippen molar-refractivity contribution >= 4 is 19.8 Å². The normalized spacial score (nSPS) is 10.3. The number of unbranched alkanes of at least 4 members (excludes halogenated alkanes) is 3. The third kappa shape index (κ3) is 10.9. The van der Waals surface area contributed by atoms with Crippen LogP contribution in [0.5, 0.6) is 0 Å². The molecule has 0 aromatic carbocycles. The average molecular weight is 306 g/mol. The molecule has 0 atom stereocenters. The minimum absolute atomic E-state index is 0. The molecular weight excluding hydrogens is 275 g/mol. The van der Waals surface area contributed by atoms with Gasteiger partial charge in [-0.05, 0) is 0 Å². The fourth-order valence-electron chi connectivity index (χ4n) is 1.91. The van der Waals surface area contributed by atoms with Gasteiger partial charge in [0, 0.05) is 0 Å². The SMILES string of the molecule is CCC[CH2][SnH]([CH2]CCC)[CH2]CCC.[CH3]. The molecule has 0 aromatic heterocycles. The Kier molecular flexibility index (Phi) is 17.0. The van der Waals surface area contributed by atoms with E-state index in [0.717, 1.165) is 0 Å². The molecule has 0 heterocycles. The van der Waals surface area contributed by atoms with Crippen LogP contribution < -0.4 is 0 Å². The van der Waals surface area contributed by atoms with E-state index in [2.05, 4.69) is 20.8 Å². The van der Waals surface area contributed by atoms with Crippen molar-refractivity contribution in [3.05, 3.63) is 7.43 Å². The summed E-state index contributed by atoms with van der Waals surface area (Å²) in [5.41, 5.74) is 0. The molecule has 0 fully saturated rings. The van der Waals surface area contributed by atoms with Crippen LogP contribution in [0, 0.1) is 7.43 Å². The van der Waals surface area contributed by atoms with Crippen LogP contribution in [0.15, 0.2) is 0 Å². The zero-order valence-corrected chi connectivity index (χ0v) is 14.2. The fraction of sp³-hybridized carbons (Fsp3) is 0.923. The Morgan fingerprint density at radius 2 is 0.929 bits per heavy atom. The van der Waals surface area contributed by atoms with Crippen molar-refractivity contribution in [1.82, 2.24) is 0 Å². The zero-order chi connectivity index (χ0) is 9.94. The van der Waals surface area contributed by atoms with E-state index in [0.29, 0.717) is 0 Å². The molecule has 0 nitrogen and oxygen atoms in total.